The fraction of sp³-hybridized carbons (Fsp3) is 0. The number of hydrogen-bond donors (Lipinski definition) is 0. The summed E-state index contributed by atoms with van der Waals surface area (Å²) in [5.41, 5.74) is 11.3. The van der Waals surface area contributed by atoms with Gasteiger partial charge in [0.25, 0.3) is 0 Å². The normalized spacial score (nSPS) is 13.2. The standard InChI is InChI=1S/C40H24N10/c1-3-29-30(4-2)50(24-20-28-38-34(44-16-18-46-38)26-10-8-14-42-36(26)40(28)48-22-24)32-12-6-5-11-31(32)49(29)23-19-27-37-33(43-15-17-45-37)25-9-7-13-41-35(25)39(27)47-21-23/h3-22H,1-2H2. The molecule has 234 valence electrons. The van der Waals surface area contributed by atoms with Gasteiger partial charge in [-0.15, -0.1) is 0 Å². The van der Waals surface area contributed by atoms with Gasteiger partial charge >= 0.3 is 0 Å². The van der Waals surface area contributed by atoms with Crippen molar-refractivity contribution in [3.8, 4) is 0 Å². The predicted octanol–water partition coefficient (Wildman–Crippen LogP) is 8.64. The Labute approximate surface area is 284 Å². The Kier molecular flexibility index (Phi) is 5.94. The molecule has 10 heteroatoms. The summed E-state index contributed by atoms with van der Waals surface area (Å²) in [6, 6.07) is 20.3. The van der Waals surface area contributed by atoms with Crippen LogP contribution in [0.1, 0.15) is 0 Å². The molecule has 0 amide bonds. The van der Waals surface area contributed by atoms with Crippen LogP contribution in [0.25, 0.3) is 65.7 Å². The lowest BCUT2D eigenvalue weighted by atomic mass is 10.0. The highest BCUT2D eigenvalue weighted by molar-refractivity contribution is 6.22. The van der Waals surface area contributed by atoms with Crippen molar-refractivity contribution in [3.05, 3.63) is 147 Å². The highest BCUT2D eigenvalue weighted by Gasteiger charge is 2.31. The lowest BCUT2D eigenvalue weighted by Gasteiger charge is -2.40. The van der Waals surface area contributed by atoms with E-state index in [0.29, 0.717) is 0 Å². The number of benzene rings is 3. The number of pyridine rings is 4. The minimum Gasteiger partial charge on any atom is -0.305 e. The number of para-hydroxylation sites is 2. The maximum absolute atomic E-state index is 5.00. The van der Waals surface area contributed by atoms with Gasteiger partial charge in [0, 0.05) is 58.7 Å². The Hall–Kier alpha value is -7.20. The van der Waals surface area contributed by atoms with Crippen LogP contribution < -0.4 is 9.80 Å². The van der Waals surface area contributed by atoms with Crippen molar-refractivity contribution in [2.24, 2.45) is 0 Å². The van der Waals surface area contributed by atoms with Gasteiger partial charge in [0.2, 0.25) is 0 Å². The third-order valence-corrected chi connectivity index (χ3v) is 9.24. The van der Waals surface area contributed by atoms with Crippen molar-refractivity contribution in [2.75, 3.05) is 9.80 Å². The predicted molar refractivity (Wildman–Crippen MR) is 198 cm³/mol. The van der Waals surface area contributed by atoms with Crippen LogP contribution in [0.15, 0.2) is 147 Å². The number of allylic oxidation sites excluding steroid dienone is 2. The van der Waals surface area contributed by atoms with E-state index in [1.54, 1.807) is 37.2 Å². The van der Waals surface area contributed by atoms with Crippen molar-refractivity contribution in [2.45, 2.75) is 0 Å². The molecule has 1 aliphatic rings. The molecule has 0 radical (unpaired) electrons. The van der Waals surface area contributed by atoms with Gasteiger partial charge < -0.3 is 9.80 Å². The number of fused-ring (bicyclic) bond motifs is 13. The van der Waals surface area contributed by atoms with Crippen LogP contribution in [0.4, 0.5) is 22.7 Å². The van der Waals surface area contributed by atoms with E-state index >= 15 is 0 Å². The molecule has 0 unspecified atom stereocenters. The van der Waals surface area contributed by atoms with E-state index in [4.69, 9.17) is 19.9 Å². The Balaban J connectivity index is 1.22. The summed E-state index contributed by atoms with van der Waals surface area (Å²) in [5.74, 6) is 0. The number of aromatic nitrogens is 8. The Morgan fingerprint density at radius 1 is 0.400 bits per heavy atom. The summed E-state index contributed by atoms with van der Waals surface area (Å²) in [5, 5.41) is 3.53. The van der Waals surface area contributed by atoms with Crippen LogP contribution in [-0.2, 0) is 0 Å². The molecule has 1 aliphatic heterocycles. The van der Waals surface area contributed by atoms with E-state index < -0.39 is 0 Å². The van der Waals surface area contributed by atoms with Gasteiger partial charge in [0.15, 0.2) is 0 Å². The lowest BCUT2D eigenvalue weighted by Crippen LogP contribution is -2.30. The van der Waals surface area contributed by atoms with Crippen molar-refractivity contribution in [1.29, 1.82) is 0 Å². The van der Waals surface area contributed by atoms with Crippen molar-refractivity contribution >= 4 is 88.4 Å². The molecular formula is C40H24N10. The summed E-state index contributed by atoms with van der Waals surface area (Å²) >= 11 is 0. The zero-order chi connectivity index (χ0) is 33.3. The van der Waals surface area contributed by atoms with E-state index in [1.807, 2.05) is 60.9 Å². The third kappa shape index (κ3) is 3.84. The van der Waals surface area contributed by atoms with E-state index in [0.717, 1.165) is 99.8 Å². The summed E-state index contributed by atoms with van der Waals surface area (Å²) in [6.45, 7) is 8.54. The van der Waals surface area contributed by atoms with Gasteiger partial charge in [-0.1, -0.05) is 25.3 Å². The number of hydrogen-bond acceptors (Lipinski definition) is 10. The average molecular weight is 645 g/mol. The first-order chi connectivity index (χ1) is 24.7. The second kappa shape index (κ2) is 10.7. The van der Waals surface area contributed by atoms with Gasteiger partial charge in [-0.05, 0) is 60.7 Å². The van der Waals surface area contributed by atoms with E-state index in [2.05, 4.69) is 67.2 Å². The first-order valence-corrected chi connectivity index (χ1v) is 16.0. The molecule has 0 fully saturated rings. The summed E-state index contributed by atoms with van der Waals surface area (Å²) in [6.07, 6.45) is 17.8. The largest absolute Gasteiger partial charge is 0.305 e. The maximum atomic E-state index is 5.00. The molecule has 6 aromatic heterocycles. The first kappa shape index (κ1) is 27.9. The topological polar surface area (TPSA) is 110 Å². The quantitative estimate of drug-likeness (QED) is 0.173. The summed E-state index contributed by atoms with van der Waals surface area (Å²) < 4.78 is 0. The fourth-order valence-electron chi connectivity index (χ4n) is 7.20. The second-order valence-electron chi connectivity index (χ2n) is 11.8. The zero-order valence-electron chi connectivity index (χ0n) is 26.4. The van der Waals surface area contributed by atoms with Crippen molar-refractivity contribution in [1.82, 2.24) is 39.9 Å². The highest BCUT2D eigenvalue weighted by Crippen LogP contribution is 2.49. The SMILES string of the molecule is C=CC1=C(C=C)N(c2cnc3c(c2)c2nccnc2c2cccnc23)c2ccccc2N1c1cnc2c(c1)c1nccnc1c1cccnc12. The van der Waals surface area contributed by atoms with Crippen LogP contribution in [-0.4, -0.2) is 39.9 Å². The zero-order valence-corrected chi connectivity index (χ0v) is 26.4. The maximum Gasteiger partial charge on any atom is 0.0989 e. The molecule has 0 saturated heterocycles. The van der Waals surface area contributed by atoms with E-state index in [-0.39, 0.29) is 0 Å². The monoisotopic (exact) mass is 644 g/mol. The molecule has 0 spiro atoms. The molecule has 9 aromatic rings. The number of nitrogens with zero attached hydrogens (tertiary/aromatic N) is 10. The van der Waals surface area contributed by atoms with E-state index in [9.17, 15) is 0 Å². The molecule has 0 N–H and O–H groups in total. The molecule has 0 aliphatic carbocycles. The van der Waals surface area contributed by atoms with Gasteiger partial charge in [0.05, 0.1) is 90.7 Å². The lowest BCUT2D eigenvalue weighted by molar-refractivity contribution is 1.06. The summed E-state index contributed by atoms with van der Waals surface area (Å²) in [4.78, 5) is 42.5. The van der Waals surface area contributed by atoms with Crippen LogP contribution in [0.2, 0.25) is 0 Å². The van der Waals surface area contributed by atoms with Crippen molar-refractivity contribution in [3.63, 3.8) is 0 Å². The van der Waals surface area contributed by atoms with Crippen LogP contribution >= 0.6 is 0 Å². The molecule has 10 rings (SSSR count). The Bertz CT molecular complexity index is 2680. The second-order valence-corrected chi connectivity index (χ2v) is 11.8. The van der Waals surface area contributed by atoms with Crippen molar-refractivity contribution < 1.29 is 0 Å². The van der Waals surface area contributed by atoms with Crippen LogP contribution in [0.5, 0.6) is 0 Å². The van der Waals surface area contributed by atoms with Crippen LogP contribution in [0.3, 0.4) is 0 Å². The van der Waals surface area contributed by atoms with Gasteiger partial charge in [-0.25, -0.2) is 0 Å². The molecule has 0 bridgehead atoms. The van der Waals surface area contributed by atoms with Gasteiger partial charge in [-0.3, -0.25) is 39.9 Å². The third-order valence-electron chi connectivity index (χ3n) is 9.24. The number of anilines is 4. The molecule has 10 nitrogen and oxygen atoms in total. The Morgan fingerprint density at radius 3 is 1.16 bits per heavy atom. The van der Waals surface area contributed by atoms with Crippen LogP contribution in [0, 0.1) is 0 Å². The van der Waals surface area contributed by atoms with Gasteiger partial charge in [0.1, 0.15) is 0 Å². The summed E-state index contributed by atoms with van der Waals surface area (Å²) in [7, 11) is 0. The fourth-order valence-corrected chi connectivity index (χ4v) is 7.20. The molecule has 3 aromatic carbocycles. The Morgan fingerprint density at radius 2 is 0.760 bits per heavy atom. The van der Waals surface area contributed by atoms with E-state index in [1.165, 1.54) is 0 Å². The van der Waals surface area contributed by atoms with Gasteiger partial charge in [-0.2, -0.15) is 0 Å². The average Bonchev–Trinajstić information content (AvgIpc) is 3.19. The smallest absolute Gasteiger partial charge is 0.0989 e. The molecule has 0 saturated carbocycles. The molecular weight excluding hydrogens is 621 g/mol. The molecule has 50 heavy (non-hydrogen) atoms. The first-order valence-electron chi connectivity index (χ1n) is 16.0. The molecule has 0 atom stereocenters. The number of rotatable bonds is 4. The highest BCUT2D eigenvalue weighted by atomic mass is 15.3. The minimum absolute atomic E-state index is 0.761. The minimum atomic E-state index is 0.761. The molecule has 7 heterocycles.